The third-order valence-corrected chi connectivity index (χ3v) is 4.19. The van der Waals surface area contributed by atoms with E-state index >= 15 is 0 Å². The lowest BCUT2D eigenvalue weighted by Crippen LogP contribution is -2.35. The first-order valence-electron chi connectivity index (χ1n) is 7.19. The first-order chi connectivity index (χ1) is 9.32. The van der Waals surface area contributed by atoms with E-state index in [9.17, 15) is 5.11 Å². The Morgan fingerprint density at radius 3 is 2.35 bits per heavy atom. The minimum Gasteiger partial charge on any atom is -0.388 e. The Kier molecular flexibility index (Phi) is 7.32. The smallest absolute Gasteiger partial charge is 0.0817 e. The molecule has 0 amide bonds. The van der Waals surface area contributed by atoms with E-state index < -0.39 is 6.10 Å². The maximum absolute atomic E-state index is 10.3. The summed E-state index contributed by atoms with van der Waals surface area (Å²) in [4.78, 5) is 2.38. The minimum atomic E-state index is -0.574. The molecule has 114 valence electrons. The van der Waals surface area contributed by atoms with Crippen LogP contribution in [-0.2, 0) is 0 Å². The van der Waals surface area contributed by atoms with Crippen LogP contribution < -0.4 is 0 Å². The highest BCUT2D eigenvalue weighted by Crippen LogP contribution is 2.31. The summed E-state index contributed by atoms with van der Waals surface area (Å²) in [5, 5.41) is 11.3. The van der Waals surface area contributed by atoms with E-state index in [1.807, 2.05) is 12.1 Å². The molecule has 2 nitrogen and oxygen atoms in total. The molecular formula is C16H25Cl2NO. The molecular weight excluding hydrogens is 293 g/mol. The fourth-order valence-corrected chi connectivity index (χ4v) is 2.68. The van der Waals surface area contributed by atoms with Crippen molar-refractivity contribution in [2.75, 3.05) is 13.1 Å². The van der Waals surface area contributed by atoms with E-state index in [1.165, 1.54) is 0 Å². The van der Waals surface area contributed by atoms with Gasteiger partial charge in [0.05, 0.1) is 16.1 Å². The van der Waals surface area contributed by atoms with Crippen molar-refractivity contribution in [3.63, 3.8) is 0 Å². The number of aliphatic hydroxyl groups excluding tert-OH is 1. The van der Waals surface area contributed by atoms with Crippen LogP contribution in [0.25, 0.3) is 0 Å². The van der Waals surface area contributed by atoms with Crippen molar-refractivity contribution in [2.24, 2.45) is 5.92 Å². The molecule has 0 saturated carbocycles. The molecule has 1 N–H and O–H groups in total. The Labute approximate surface area is 132 Å². The third kappa shape index (κ3) is 5.25. The highest BCUT2D eigenvalue weighted by atomic mass is 35.5. The maximum Gasteiger partial charge on any atom is 0.0817 e. The van der Waals surface area contributed by atoms with Crippen LogP contribution in [0.15, 0.2) is 18.2 Å². The number of halogens is 2. The Morgan fingerprint density at radius 1 is 1.15 bits per heavy atom. The largest absolute Gasteiger partial charge is 0.388 e. The normalized spacial score (nSPS) is 13.5. The van der Waals surface area contributed by atoms with Crippen LogP contribution >= 0.6 is 23.2 Å². The monoisotopic (exact) mass is 317 g/mol. The summed E-state index contributed by atoms with van der Waals surface area (Å²) < 4.78 is 0. The minimum absolute atomic E-state index is 0.460. The van der Waals surface area contributed by atoms with Crippen molar-refractivity contribution in [2.45, 2.75) is 46.3 Å². The van der Waals surface area contributed by atoms with Gasteiger partial charge in [0.25, 0.3) is 0 Å². The van der Waals surface area contributed by atoms with Gasteiger partial charge in [0.15, 0.2) is 0 Å². The zero-order valence-electron chi connectivity index (χ0n) is 12.7. The zero-order valence-corrected chi connectivity index (χ0v) is 14.2. The maximum atomic E-state index is 10.3. The lowest BCUT2D eigenvalue weighted by atomic mass is 10.1. The van der Waals surface area contributed by atoms with Crippen molar-refractivity contribution < 1.29 is 5.11 Å². The van der Waals surface area contributed by atoms with Gasteiger partial charge >= 0.3 is 0 Å². The second kappa shape index (κ2) is 8.23. The van der Waals surface area contributed by atoms with Crippen molar-refractivity contribution in [1.29, 1.82) is 0 Å². The molecule has 1 rings (SSSR count). The van der Waals surface area contributed by atoms with Crippen LogP contribution in [0.4, 0.5) is 0 Å². The zero-order chi connectivity index (χ0) is 15.3. The van der Waals surface area contributed by atoms with Gasteiger partial charge in [-0.3, -0.25) is 0 Å². The Bertz CT molecular complexity index is 421. The number of hydrogen-bond donors (Lipinski definition) is 1. The molecule has 0 bridgehead atoms. The first kappa shape index (κ1) is 17.8. The summed E-state index contributed by atoms with van der Waals surface area (Å²) in [5.74, 6) is 0.615. The molecule has 1 aromatic carbocycles. The van der Waals surface area contributed by atoms with Gasteiger partial charge < -0.3 is 10.0 Å². The van der Waals surface area contributed by atoms with E-state index in [2.05, 4.69) is 32.6 Å². The average molecular weight is 318 g/mol. The summed E-state index contributed by atoms with van der Waals surface area (Å²) in [6, 6.07) is 5.86. The van der Waals surface area contributed by atoms with Gasteiger partial charge in [-0.15, -0.1) is 0 Å². The van der Waals surface area contributed by atoms with E-state index in [0.29, 0.717) is 34.0 Å². The standard InChI is InChI=1S/C16H25Cl2NO/c1-11(2)10-19(12(3)4)9-8-15(20)13-6-5-7-14(17)16(13)18/h5-7,11-12,15,20H,8-10H2,1-4H3. The lowest BCUT2D eigenvalue weighted by Gasteiger charge is -2.29. The molecule has 1 aromatic rings. The Hall–Kier alpha value is -0.280. The molecule has 0 aliphatic rings. The quantitative estimate of drug-likeness (QED) is 0.782. The van der Waals surface area contributed by atoms with Gasteiger partial charge in [-0.05, 0) is 32.3 Å². The van der Waals surface area contributed by atoms with Gasteiger partial charge in [-0.25, -0.2) is 0 Å². The highest BCUT2D eigenvalue weighted by molar-refractivity contribution is 6.42. The predicted molar refractivity (Wildman–Crippen MR) is 87.6 cm³/mol. The summed E-state index contributed by atoms with van der Waals surface area (Å²) in [5.41, 5.74) is 0.715. The molecule has 4 heteroatoms. The number of benzene rings is 1. The number of hydrogen-bond acceptors (Lipinski definition) is 2. The summed E-state index contributed by atoms with van der Waals surface area (Å²) >= 11 is 12.1. The molecule has 0 aliphatic heterocycles. The SMILES string of the molecule is CC(C)CN(CCC(O)c1cccc(Cl)c1Cl)C(C)C. The van der Waals surface area contributed by atoms with E-state index in [-0.39, 0.29) is 0 Å². The van der Waals surface area contributed by atoms with Gasteiger partial charge in [-0.2, -0.15) is 0 Å². The molecule has 20 heavy (non-hydrogen) atoms. The molecule has 0 saturated heterocycles. The fourth-order valence-electron chi connectivity index (χ4n) is 2.25. The number of aliphatic hydroxyl groups is 1. The summed E-state index contributed by atoms with van der Waals surface area (Å²) in [6.45, 7) is 10.7. The van der Waals surface area contributed by atoms with E-state index in [1.54, 1.807) is 6.07 Å². The lowest BCUT2D eigenvalue weighted by molar-refractivity contribution is 0.123. The molecule has 0 spiro atoms. The average Bonchev–Trinajstić information content (AvgIpc) is 2.36. The molecule has 0 aliphatic carbocycles. The Morgan fingerprint density at radius 2 is 1.80 bits per heavy atom. The predicted octanol–water partition coefficient (Wildman–Crippen LogP) is 4.78. The second-order valence-corrected chi connectivity index (χ2v) is 6.72. The third-order valence-electron chi connectivity index (χ3n) is 3.36. The fraction of sp³-hybridized carbons (Fsp3) is 0.625. The summed E-state index contributed by atoms with van der Waals surface area (Å²) in [7, 11) is 0. The molecule has 1 unspecified atom stereocenters. The molecule has 0 radical (unpaired) electrons. The molecule has 0 fully saturated rings. The second-order valence-electron chi connectivity index (χ2n) is 5.93. The van der Waals surface area contributed by atoms with Gasteiger partial charge in [-0.1, -0.05) is 49.2 Å². The van der Waals surface area contributed by atoms with Crippen LogP contribution in [-0.4, -0.2) is 29.1 Å². The molecule has 0 aromatic heterocycles. The van der Waals surface area contributed by atoms with Crippen LogP contribution in [0, 0.1) is 5.92 Å². The van der Waals surface area contributed by atoms with Crippen molar-refractivity contribution in [3.8, 4) is 0 Å². The summed E-state index contributed by atoms with van der Waals surface area (Å²) in [6.07, 6.45) is 0.0833. The van der Waals surface area contributed by atoms with E-state index in [0.717, 1.165) is 13.1 Å². The Balaban J connectivity index is 2.65. The molecule has 0 heterocycles. The van der Waals surface area contributed by atoms with Gasteiger partial charge in [0.2, 0.25) is 0 Å². The van der Waals surface area contributed by atoms with Crippen LogP contribution in [0.3, 0.4) is 0 Å². The van der Waals surface area contributed by atoms with Crippen molar-refractivity contribution in [1.82, 2.24) is 4.90 Å². The van der Waals surface area contributed by atoms with Gasteiger partial charge in [0, 0.05) is 24.7 Å². The van der Waals surface area contributed by atoms with E-state index in [4.69, 9.17) is 23.2 Å². The highest BCUT2D eigenvalue weighted by Gasteiger charge is 2.17. The topological polar surface area (TPSA) is 23.5 Å². The van der Waals surface area contributed by atoms with Gasteiger partial charge in [0.1, 0.15) is 0 Å². The van der Waals surface area contributed by atoms with Crippen molar-refractivity contribution in [3.05, 3.63) is 33.8 Å². The van der Waals surface area contributed by atoms with Crippen molar-refractivity contribution >= 4 is 23.2 Å². The number of rotatable bonds is 7. The van der Waals surface area contributed by atoms with Crippen LogP contribution in [0.5, 0.6) is 0 Å². The number of nitrogens with zero attached hydrogens (tertiary/aromatic N) is 1. The molecule has 1 atom stereocenters. The van der Waals surface area contributed by atoms with Crippen LogP contribution in [0.1, 0.15) is 45.8 Å². The van der Waals surface area contributed by atoms with Crippen LogP contribution in [0.2, 0.25) is 10.0 Å². The first-order valence-corrected chi connectivity index (χ1v) is 7.94.